The second-order valence-electron chi connectivity index (χ2n) is 11.1. The van der Waals surface area contributed by atoms with E-state index in [1.807, 2.05) is 4.83 Å². The number of nitro groups is 1. The highest BCUT2D eigenvalue weighted by Gasteiger charge is 2.32. The number of amides is 2. The van der Waals surface area contributed by atoms with Crippen molar-refractivity contribution in [2.45, 2.75) is 69.2 Å². The molecule has 2 aliphatic rings. The number of benzene rings is 1. The predicted octanol–water partition coefficient (Wildman–Crippen LogP) is 2.23. The molecular weight excluding hydrogens is 639 g/mol. The average molecular weight is 684 g/mol. The molecule has 250 valence electrons. The van der Waals surface area contributed by atoms with E-state index in [2.05, 4.69) is 16.0 Å². The van der Waals surface area contributed by atoms with Gasteiger partial charge in [0.25, 0.3) is 21.6 Å². The van der Waals surface area contributed by atoms with Gasteiger partial charge >= 0.3 is 5.97 Å². The van der Waals surface area contributed by atoms with E-state index < -0.39 is 50.0 Å². The zero-order valence-electron chi connectivity index (χ0n) is 24.7. The van der Waals surface area contributed by atoms with Crippen LogP contribution in [0.3, 0.4) is 0 Å². The van der Waals surface area contributed by atoms with Crippen LogP contribution in [0.1, 0.15) is 58.3 Å². The molecule has 0 spiro atoms. The van der Waals surface area contributed by atoms with Gasteiger partial charge in [-0.2, -0.15) is 0 Å². The van der Waals surface area contributed by atoms with Crippen LogP contribution in [0.4, 0.5) is 5.69 Å². The molecule has 2 fully saturated rings. The molecule has 0 aliphatic carbocycles. The summed E-state index contributed by atoms with van der Waals surface area (Å²) in [6.07, 6.45) is 7.33. The van der Waals surface area contributed by atoms with Gasteiger partial charge in [0, 0.05) is 18.1 Å². The van der Waals surface area contributed by atoms with Crippen LogP contribution in [0.5, 0.6) is 0 Å². The highest BCUT2D eigenvalue weighted by atomic mass is 35.5. The minimum absolute atomic E-state index is 0. The summed E-state index contributed by atoms with van der Waals surface area (Å²) in [7, 11) is -4.57. The second kappa shape index (κ2) is 19.1. The summed E-state index contributed by atoms with van der Waals surface area (Å²) < 4.78 is 25.9. The number of rotatable bonds is 15. The zero-order valence-corrected chi connectivity index (χ0v) is 27.2. The Labute approximate surface area is 270 Å². The smallest absolute Gasteiger partial charge is 0.327 e. The topological polar surface area (TPSA) is 200 Å². The van der Waals surface area contributed by atoms with Gasteiger partial charge in [-0.3, -0.25) is 19.7 Å². The number of aliphatic carboxylic acids is 1. The molecule has 14 nitrogen and oxygen atoms in total. The van der Waals surface area contributed by atoms with E-state index in [1.165, 1.54) is 0 Å². The van der Waals surface area contributed by atoms with Crippen LogP contribution in [0, 0.1) is 27.9 Å². The lowest BCUT2D eigenvalue weighted by Crippen LogP contribution is -2.56. The number of halogens is 2. The largest absolute Gasteiger partial charge is 0.480 e. The van der Waals surface area contributed by atoms with Crippen molar-refractivity contribution in [2.24, 2.45) is 17.8 Å². The summed E-state index contributed by atoms with van der Waals surface area (Å²) in [5.41, 5.74) is -0.491. The Morgan fingerprint density at radius 1 is 1.02 bits per heavy atom. The molecule has 17 heteroatoms. The SMILES string of the molecule is CC(C(=O)O)N(NS(=O)(=O)c1cccc([N+](=O)[O-])c1)C(=O)CNC(=O)C(CCC1CCNCC1)CCC1CCNCC1.Cl.Cl. The zero-order chi connectivity index (χ0) is 30.7. The van der Waals surface area contributed by atoms with Crippen LogP contribution >= 0.6 is 24.8 Å². The van der Waals surface area contributed by atoms with Gasteiger partial charge in [-0.15, -0.1) is 29.6 Å². The van der Waals surface area contributed by atoms with Crippen LogP contribution in [-0.4, -0.2) is 80.0 Å². The molecule has 1 aromatic carbocycles. The van der Waals surface area contributed by atoms with Crippen molar-refractivity contribution in [3.8, 4) is 0 Å². The van der Waals surface area contributed by atoms with Crippen LogP contribution < -0.4 is 20.8 Å². The standard InChI is InChI=1S/C27H42N6O8S.2ClH/c1-19(27(36)37)32(31-42(40,41)24-4-2-3-23(17-24)33(38)39)25(34)18-30-26(35)22(7-5-20-9-13-28-14-10-20)8-6-21-11-15-29-16-12-21;;/h2-4,17,19-22,28-29,31H,5-16,18H2,1H3,(H,30,35)(H,36,37);2*1H. The van der Waals surface area contributed by atoms with E-state index in [9.17, 15) is 38.0 Å². The van der Waals surface area contributed by atoms with Gasteiger partial charge in [0.1, 0.15) is 6.04 Å². The number of carbonyl (C=O) groups is 3. The van der Waals surface area contributed by atoms with Gasteiger partial charge in [0.15, 0.2) is 0 Å². The third kappa shape index (κ3) is 12.1. The number of sulfonamides is 1. The maximum absolute atomic E-state index is 13.3. The van der Waals surface area contributed by atoms with Crippen molar-refractivity contribution in [1.82, 2.24) is 25.8 Å². The van der Waals surface area contributed by atoms with Gasteiger partial charge in [0.2, 0.25) is 5.91 Å². The maximum Gasteiger partial charge on any atom is 0.327 e. The molecule has 1 aromatic rings. The number of nitrogens with zero attached hydrogens (tertiary/aromatic N) is 2. The van der Waals surface area contributed by atoms with Crippen molar-refractivity contribution in [3.05, 3.63) is 34.4 Å². The Morgan fingerprint density at radius 3 is 2.02 bits per heavy atom. The van der Waals surface area contributed by atoms with Gasteiger partial charge < -0.3 is 21.1 Å². The lowest BCUT2D eigenvalue weighted by Gasteiger charge is -2.28. The highest BCUT2D eigenvalue weighted by molar-refractivity contribution is 7.89. The van der Waals surface area contributed by atoms with Crippen molar-refractivity contribution in [2.75, 3.05) is 32.7 Å². The molecule has 1 unspecified atom stereocenters. The number of carboxylic acids is 1. The summed E-state index contributed by atoms with van der Waals surface area (Å²) in [4.78, 5) is 49.9. The molecule has 2 aliphatic heterocycles. The number of carboxylic acid groups (broad SMARTS) is 1. The minimum Gasteiger partial charge on any atom is -0.480 e. The lowest BCUT2D eigenvalue weighted by atomic mass is 9.84. The molecule has 1 atom stereocenters. The van der Waals surface area contributed by atoms with E-state index in [-0.39, 0.29) is 36.6 Å². The van der Waals surface area contributed by atoms with E-state index in [1.54, 1.807) is 0 Å². The summed E-state index contributed by atoms with van der Waals surface area (Å²) in [6, 6.07) is 2.52. The number of nitro benzene ring substituents is 1. The summed E-state index contributed by atoms with van der Waals surface area (Å²) in [5, 5.41) is 30.3. The summed E-state index contributed by atoms with van der Waals surface area (Å²) in [5.74, 6) is -2.07. The fraction of sp³-hybridized carbons (Fsp3) is 0.667. The first-order valence-electron chi connectivity index (χ1n) is 14.5. The van der Waals surface area contributed by atoms with Crippen LogP contribution in [-0.2, 0) is 24.4 Å². The quantitative estimate of drug-likeness (QED) is 0.135. The third-order valence-electron chi connectivity index (χ3n) is 8.12. The van der Waals surface area contributed by atoms with Crippen LogP contribution in [0.25, 0.3) is 0 Å². The van der Waals surface area contributed by atoms with Crippen molar-refractivity contribution in [3.63, 3.8) is 0 Å². The highest BCUT2D eigenvalue weighted by Crippen LogP contribution is 2.27. The number of hydrogen-bond acceptors (Lipinski definition) is 9. The Balaban J connectivity index is 0.00000484. The molecule has 44 heavy (non-hydrogen) atoms. The molecule has 2 heterocycles. The first-order chi connectivity index (χ1) is 20.0. The van der Waals surface area contributed by atoms with Crippen LogP contribution in [0.2, 0.25) is 0 Å². The van der Waals surface area contributed by atoms with E-state index in [0.717, 1.165) is 95.9 Å². The number of nitrogens with one attached hydrogen (secondary N) is 4. The molecule has 0 radical (unpaired) electrons. The normalized spacial score (nSPS) is 16.7. The van der Waals surface area contributed by atoms with Gasteiger partial charge in [0.05, 0.1) is 16.4 Å². The van der Waals surface area contributed by atoms with Crippen molar-refractivity contribution < 1.29 is 32.8 Å². The molecule has 2 saturated heterocycles. The summed E-state index contributed by atoms with van der Waals surface area (Å²) >= 11 is 0. The fourth-order valence-electron chi connectivity index (χ4n) is 5.42. The molecule has 5 N–H and O–H groups in total. The fourth-order valence-corrected chi connectivity index (χ4v) is 6.57. The van der Waals surface area contributed by atoms with Gasteiger partial charge in [-0.25, -0.2) is 18.2 Å². The monoisotopic (exact) mass is 682 g/mol. The van der Waals surface area contributed by atoms with Gasteiger partial charge in [-0.05, 0) is 102 Å². The lowest BCUT2D eigenvalue weighted by molar-refractivity contribution is -0.385. The van der Waals surface area contributed by atoms with E-state index in [4.69, 9.17) is 0 Å². The molecule has 0 saturated carbocycles. The number of non-ortho nitro benzene ring substituents is 1. The Morgan fingerprint density at radius 2 is 1.55 bits per heavy atom. The average Bonchev–Trinajstić information content (AvgIpc) is 2.99. The molecule has 3 rings (SSSR count). The summed E-state index contributed by atoms with van der Waals surface area (Å²) in [6.45, 7) is 4.30. The Bertz CT molecular complexity index is 1190. The maximum atomic E-state index is 13.3. The Hall–Kier alpha value is -2.56. The van der Waals surface area contributed by atoms with Crippen molar-refractivity contribution in [1.29, 1.82) is 0 Å². The minimum atomic E-state index is -4.57. The van der Waals surface area contributed by atoms with Crippen LogP contribution in [0.15, 0.2) is 29.2 Å². The Kier molecular flexibility index (Phi) is 17.1. The number of carbonyl (C=O) groups excluding carboxylic acids is 2. The van der Waals surface area contributed by atoms with E-state index in [0.29, 0.717) is 29.7 Å². The molecule has 0 aromatic heterocycles. The number of hydrazine groups is 1. The van der Waals surface area contributed by atoms with Gasteiger partial charge in [-0.1, -0.05) is 6.07 Å². The molecule has 2 amide bonds. The first-order valence-corrected chi connectivity index (χ1v) is 16.0. The van der Waals surface area contributed by atoms with E-state index >= 15 is 0 Å². The second-order valence-corrected chi connectivity index (χ2v) is 12.7. The number of hydrogen-bond donors (Lipinski definition) is 5. The molecule has 0 bridgehead atoms. The molecular formula is C27H44Cl2N6O8S. The first kappa shape index (κ1) is 39.5. The predicted molar refractivity (Wildman–Crippen MR) is 168 cm³/mol. The van der Waals surface area contributed by atoms with Crippen molar-refractivity contribution >= 4 is 58.3 Å². The third-order valence-corrected chi connectivity index (χ3v) is 9.43. The number of piperidine rings is 2.